The number of anilines is 1. The first-order valence-corrected chi connectivity index (χ1v) is 11.8. The minimum absolute atomic E-state index is 0.201. The van der Waals surface area contributed by atoms with Crippen LogP contribution in [-0.4, -0.2) is 27.9 Å². The molecule has 1 N–H and O–H groups in total. The Morgan fingerprint density at radius 3 is 2.32 bits per heavy atom. The van der Waals surface area contributed by atoms with Crippen LogP contribution in [0.1, 0.15) is 11.4 Å². The number of sulfonamides is 1. The van der Waals surface area contributed by atoms with Crippen molar-refractivity contribution in [2.75, 3.05) is 4.72 Å². The first kappa shape index (κ1) is 21.2. The van der Waals surface area contributed by atoms with Crippen LogP contribution in [0.25, 0.3) is 5.82 Å². The maximum absolute atomic E-state index is 12.5. The Labute approximate surface area is 193 Å². The maximum Gasteiger partial charge on any atom is 0.261 e. The second-order valence-corrected chi connectivity index (χ2v) is 9.61. The third-order valence-electron chi connectivity index (χ3n) is 4.58. The van der Waals surface area contributed by atoms with Crippen molar-refractivity contribution < 1.29 is 13.2 Å². The summed E-state index contributed by atoms with van der Waals surface area (Å²) in [6.45, 7) is 3.89. The molecule has 4 rings (SSSR count). The van der Waals surface area contributed by atoms with Gasteiger partial charge in [0.05, 0.1) is 10.6 Å². The minimum atomic E-state index is -3.66. The summed E-state index contributed by atoms with van der Waals surface area (Å²) < 4.78 is 36.2. The number of hydrogen-bond donors (Lipinski definition) is 1. The van der Waals surface area contributed by atoms with E-state index in [1.165, 1.54) is 6.33 Å². The third kappa shape index (κ3) is 4.85. The fourth-order valence-electron chi connectivity index (χ4n) is 2.79. The lowest BCUT2D eigenvalue weighted by molar-refractivity contribution is 0.461. The van der Waals surface area contributed by atoms with Crippen LogP contribution >= 0.6 is 22.6 Å². The number of benzene rings is 2. The second-order valence-electron chi connectivity index (χ2n) is 6.69. The molecule has 0 aliphatic carbocycles. The van der Waals surface area contributed by atoms with Crippen LogP contribution in [0, 0.1) is 17.4 Å². The molecule has 4 aromatic rings. The van der Waals surface area contributed by atoms with Crippen LogP contribution in [0.3, 0.4) is 0 Å². The molecule has 0 fully saturated rings. The van der Waals surface area contributed by atoms with Gasteiger partial charge in [0.2, 0.25) is 5.88 Å². The van der Waals surface area contributed by atoms with Crippen LogP contribution in [0.4, 0.5) is 5.69 Å². The molecule has 0 bridgehead atoms. The molecular weight excluding hydrogens is 529 g/mol. The van der Waals surface area contributed by atoms with Gasteiger partial charge in [0.15, 0.2) is 0 Å². The fourth-order valence-corrected chi connectivity index (χ4v) is 4.20. The highest BCUT2D eigenvalue weighted by Gasteiger charge is 2.14. The summed E-state index contributed by atoms with van der Waals surface area (Å²) in [5.74, 6) is 1.52. The molecule has 2 aromatic carbocycles. The van der Waals surface area contributed by atoms with Crippen LogP contribution in [0.15, 0.2) is 72.1 Å². The summed E-state index contributed by atoms with van der Waals surface area (Å²) in [4.78, 5) is 12.9. The van der Waals surface area contributed by atoms with Crippen LogP contribution in [-0.2, 0) is 10.0 Å². The fraction of sp³-hybridized carbons (Fsp3) is 0.0952. The van der Waals surface area contributed by atoms with Gasteiger partial charge >= 0.3 is 0 Å². The van der Waals surface area contributed by atoms with Gasteiger partial charge in [0.25, 0.3) is 10.0 Å². The van der Waals surface area contributed by atoms with Crippen molar-refractivity contribution in [3.05, 3.63) is 82.2 Å². The van der Waals surface area contributed by atoms with E-state index in [0.29, 0.717) is 23.1 Å². The van der Waals surface area contributed by atoms with Gasteiger partial charge in [-0.05, 0) is 85.0 Å². The number of nitrogens with zero attached hydrogens (tertiary/aromatic N) is 4. The largest absolute Gasteiger partial charge is 0.439 e. The highest BCUT2D eigenvalue weighted by Crippen LogP contribution is 2.24. The maximum atomic E-state index is 12.5. The monoisotopic (exact) mass is 547 g/mol. The number of halogens is 1. The molecule has 0 saturated carbocycles. The van der Waals surface area contributed by atoms with E-state index in [4.69, 9.17) is 4.74 Å². The van der Waals surface area contributed by atoms with E-state index in [1.807, 2.05) is 18.4 Å². The summed E-state index contributed by atoms with van der Waals surface area (Å²) in [6, 6.07) is 14.9. The molecule has 0 radical (unpaired) electrons. The zero-order valence-corrected chi connectivity index (χ0v) is 19.6. The average Bonchev–Trinajstić information content (AvgIpc) is 3.08. The van der Waals surface area contributed by atoms with Crippen molar-refractivity contribution in [3.63, 3.8) is 0 Å². The molecule has 0 aliphatic rings. The van der Waals surface area contributed by atoms with Gasteiger partial charge in [0, 0.05) is 21.0 Å². The molecule has 0 saturated heterocycles. The average molecular weight is 547 g/mol. The number of imidazole rings is 1. The van der Waals surface area contributed by atoms with E-state index < -0.39 is 10.0 Å². The van der Waals surface area contributed by atoms with Gasteiger partial charge in [-0.2, -0.15) is 0 Å². The topological polar surface area (TPSA) is 99.0 Å². The Morgan fingerprint density at radius 2 is 1.68 bits per heavy atom. The number of aryl methyl sites for hydroxylation is 1. The molecule has 8 nitrogen and oxygen atoms in total. The number of aromatic nitrogens is 4. The predicted molar refractivity (Wildman–Crippen MR) is 125 cm³/mol. The van der Waals surface area contributed by atoms with Gasteiger partial charge in [-0.15, -0.1) is 0 Å². The molecule has 0 atom stereocenters. The molecule has 0 unspecified atom stereocenters. The zero-order valence-electron chi connectivity index (χ0n) is 16.7. The number of nitrogens with one attached hydrogen (secondary N) is 1. The van der Waals surface area contributed by atoms with Gasteiger partial charge < -0.3 is 4.74 Å². The van der Waals surface area contributed by atoms with Gasteiger partial charge in [-0.1, -0.05) is 0 Å². The number of hydrogen-bond acceptors (Lipinski definition) is 6. The summed E-state index contributed by atoms with van der Waals surface area (Å²) in [5, 5.41) is 0. The normalized spacial score (nSPS) is 11.3. The number of rotatable bonds is 6. The predicted octanol–water partition coefficient (Wildman–Crippen LogP) is 4.48. The summed E-state index contributed by atoms with van der Waals surface area (Å²) >= 11 is 2.13. The quantitative estimate of drug-likeness (QED) is 0.358. The van der Waals surface area contributed by atoms with Crippen molar-refractivity contribution in [2.24, 2.45) is 0 Å². The second kappa shape index (κ2) is 8.63. The molecule has 2 heterocycles. The lowest BCUT2D eigenvalue weighted by Crippen LogP contribution is -2.12. The molecule has 2 aromatic heterocycles. The SMILES string of the molecule is Cc1ncn(-c2cc(Oc3ccc(NS(=O)(=O)c4ccc(I)cc4)cc3)ncn2)c1C. The molecule has 158 valence electrons. The zero-order chi connectivity index (χ0) is 22.0. The van der Waals surface area contributed by atoms with E-state index in [2.05, 4.69) is 42.3 Å². The van der Waals surface area contributed by atoms with E-state index in [-0.39, 0.29) is 4.90 Å². The first-order chi connectivity index (χ1) is 14.8. The number of ether oxygens (including phenoxy) is 1. The molecule has 0 aliphatic heterocycles. The van der Waals surface area contributed by atoms with E-state index >= 15 is 0 Å². The minimum Gasteiger partial charge on any atom is -0.439 e. The Hall–Kier alpha value is -2.99. The highest BCUT2D eigenvalue weighted by molar-refractivity contribution is 14.1. The first-order valence-electron chi connectivity index (χ1n) is 9.21. The highest BCUT2D eigenvalue weighted by atomic mass is 127. The summed E-state index contributed by atoms with van der Waals surface area (Å²) in [6.07, 6.45) is 3.12. The van der Waals surface area contributed by atoms with E-state index in [1.54, 1.807) is 60.9 Å². The van der Waals surface area contributed by atoms with Gasteiger partial charge in [-0.3, -0.25) is 9.29 Å². The Morgan fingerprint density at radius 1 is 0.968 bits per heavy atom. The molecule has 10 heteroatoms. The van der Waals surface area contributed by atoms with Crippen molar-refractivity contribution in [1.29, 1.82) is 0 Å². The van der Waals surface area contributed by atoms with Gasteiger partial charge in [0.1, 0.15) is 24.2 Å². The lowest BCUT2D eigenvalue weighted by atomic mass is 10.3. The van der Waals surface area contributed by atoms with Crippen molar-refractivity contribution >= 4 is 38.3 Å². The Bertz CT molecular complexity index is 1320. The molecular formula is C21H18IN5O3S. The summed E-state index contributed by atoms with van der Waals surface area (Å²) in [7, 11) is -3.66. The van der Waals surface area contributed by atoms with Crippen molar-refractivity contribution in [2.45, 2.75) is 18.7 Å². The van der Waals surface area contributed by atoms with E-state index in [9.17, 15) is 8.42 Å². The van der Waals surface area contributed by atoms with E-state index in [0.717, 1.165) is 15.0 Å². The summed E-state index contributed by atoms with van der Waals surface area (Å²) in [5.41, 5.74) is 2.33. The van der Waals surface area contributed by atoms with Gasteiger partial charge in [-0.25, -0.2) is 23.4 Å². The molecule has 0 amide bonds. The van der Waals surface area contributed by atoms with Crippen molar-refractivity contribution in [1.82, 2.24) is 19.5 Å². The molecule has 0 spiro atoms. The van der Waals surface area contributed by atoms with Crippen LogP contribution in [0.5, 0.6) is 11.6 Å². The third-order valence-corrected chi connectivity index (χ3v) is 6.70. The van der Waals surface area contributed by atoms with Crippen molar-refractivity contribution in [3.8, 4) is 17.4 Å². The Kier molecular flexibility index (Phi) is 5.92. The standard InChI is InChI=1S/C21H18IN5O3S/c1-14-15(2)27(13-25-14)20-11-21(24-12-23-20)30-18-7-5-17(6-8-18)26-31(28,29)19-9-3-16(22)4-10-19/h3-13,26H,1-2H3. The lowest BCUT2D eigenvalue weighted by Gasteiger charge is -2.10. The Balaban J connectivity index is 1.48. The smallest absolute Gasteiger partial charge is 0.261 e. The van der Waals surface area contributed by atoms with Crippen LogP contribution < -0.4 is 9.46 Å². The molecule has 31 heavy (non-hydrogen) atoms. The van der Waals surface area contributed by atoms with Crippen LogP contribution in [0.2, 0.25) is 0 Å².